The van der Waals surface area contributed by atoms with E-state index in [2.05, 4.69) is 34.0 Å². The molecule has 9 nitrogen and oxygen atoms in total. The van der Waals surface area contributed by atoms with Gasteiger partial charge in [0, 0.05) is 17.8 Å². The summed E-state index contributed by atoms with van der Waals surface area (Å²) in [6.45, 7) is 11.7. The Balaban J connectivity index is 1.67. The maximum atomic E-state index is 12.9. The van der Waals surface area contributed by atoms with Gasteiger partial charge in [0.05, 0.1) is 18.1 Å². The number of esters is 1. The van der Waals surface area contributed by atoms with Crippen molar-refractivity contribution in [3.63, 3.8) is 0 Å². The minimum atomic E-state index is -0.439. The van der Waals surface area contributed by atoms with Crippen molar-refractivity contribution in [1.82, 2.24) is 19.4 Å². The number of nitrogens with one attached hydrogen (secondary N) is 1. The van der Waals surface area contributed by atoms with Crippen molar-refractivity contribution in [3.8, 4) is 0 Å². The van der Waals surface area contributed by atoms with E-state index < -0.39 is 5.97 Å². The molecule has 1 N–H and O–H groups in total. The number of amides is 1. The summed E-state index contributed by atoms with van der Waals surface area (Å²) >= 11 is 2.39. The van der Waals surface area contributed by atoms with Gasteiger partial charge in [-0.3, -0.25) is 9.36 Å². The SMILES string of the molecule is CCOC(=O)c1sc(NC(=O)CSc2nc(=O)n(CCCN(CC)CC)c3c2CCCC3)nc1C. The number of carbonyl (C=O) groups excluding carboxylic acids is 2. The van der Waals surface area contributed by atoms with E-state index in [0.717, 1.165) is 74.3 Å². The highest BCUT2D eigenvalue weighted by molar-refractivity contribution is 8.00. The van der Waals surface area contributed by atoms with Crippen LogP contribution in [0.2, 0.25) is 0 Å². The zero-order valence-corrected chi connectivity index (χ0v) is 22.6. The van der Waals surface area contributed by atoms with Crippen LogP contribution in [-0.2, 0) is 28.9 Å². The van der Waals surface area contributed by atoms with Crippen molar-refractivity contribution in [1.29, 1.82) is 0 Å². The van der Waals surface area contributed by atoms with Crippen LogP contribution < -0.4 is 11.0 Å². The molecule has 35 heavy (non-hydrogen) atoms. The number of thioether (sulfide) groups is 1. The van der Waals surface area contributed by atoms with Gasteiger partial charge in [-0.05, 0) is 65.6 Å². The molecule has 2 aromatic heterocycles. The van der Waals surface area contributed by atoms with Gasteiger partial charge < -0.3 is 15.0 Å². The van der Waals surface area contributed by atoms with E-state index in [-0.39, 0.29) is 24.0 Å². The molecular weight excluding hydrogens is 486 g/mol. The Morgan fingerprint density at radius 3 is 2.63 bits per heavy atom. The summed E-state index contributed by atoms with van der Waals surface area (Å²) in [6, 6.07) is 0. The van der Waals surface area contributed by atoms with Crippen LogP contribution in [0.4, 0.5) is 5.13 Å². The lowest BCUT2D eigenvalue weighted by Crippen LogP contribution is -2.32. The van der Waals surface area contributed by atoms with Gasteiger partial charge in [-0.25, -0.2) is 14.6 Å². The molecule has 2 heterocycles. The highest BCUT2D eigenvalue weighted by Gasteiger charge is 2.22. The molecule has 0 fully saturated rings. The summed E-state index contributed by atoms with van der Waals surface area (Å²) in [5.41, 5.74) is 2.47. The van der Waals surface area contributed by atoms with Gasteiger partial charge in [-0.15, -0.1) is 0 Å². The summed E-state index contributed by atoms with van der Waals surface area (Å²) in [6.07, 6.45) is 4.76. The molecule has 0 unspecified atom stereocenters. The average molecular weight is 522 g/mol. The summed E-state index contributed by atoms with van der Waals surface area (Å²) in [5.74, 6) is -0.585. The molecule has 0 saturated heterocycles. The number of aryl methyl sites for hydroxylation is 1. The lowest BCUT2D eigenvalue weighted by atomic mass is 9.97. The number of hydrogen-bond donors (Lipinski definition) is 1. The maximum absolute atomic E-state index is 12.9. The first-order valence-corrected chi connectivity index (χ1v) is 14.1. The number of carbonyl (C=O) groups is 2. The molecule has 0 atom stereocenters. The van der Waals surface area contributed by atoms with Crippen molar-refractivity contribution in [3.05, 3.63) is 32.3 Å². The lowest BCUT2D eigenvalue weighted by molar-refractivity contribution is -0.113. The largest absolute Gasteiger partial charge is 0.462 e. The van der Waals surface area contributed by atoms with Crippen LogP contribution in [0.25, 0.3) is 0 Å². The van der Waals surface area contributed by atoms with Gasteiger partial charge in [0.25, 0.3) is 0 Å². The Hall–Kier alpha value is -2.24. The van der Waals surface area contributed by atoms with Gasteiger partial charge in [0.2, 0.25) is 5.91 Å². The van der Waals surface area contributed by atoms with Crippen LogP contribution >= 0.6 is 23.1 Å². The molecule has 0 aliphatic heterocycles. The molecule has 2 aromatic rings. The first-order valence-electron chi connectivity index (χ1n) is 12.3. The monoisotopic (exact) mass is 521 g/mol. The van der Waals surface area contributed by atoms with Gasteiger partial charge in [-0.2, -0.15) is 4.98 Å². The van der Waals surface area contributed by atoms with Crippen molar-refractivity contribution in [2.45, 2.75) is 71.4 Å². The van der Waals surface area contributed by atoms with Crippen molar-refractivity contribution < 1.29 is 14.3 Å². The Morgan fingerprint density at radius 1 is 1.17 bits per heavy atom. The van der Waals surface area contributed by atoms with E-state index in [1.54, 1.807) is 13.8 Å². The number of hydrogen-bond acceptors (Lipinski definition) is 9. The van der Waals surface area contributed by atoms with E-state index in [9.17, 15) is 14.4 Å². The Labute approximate surface area is 214 Å². The third kappa shape index (κ3) is 7.14. The molecule has 0 spiro atoms. The summed E-state index contributed by atoms with van der Waals surface area (Å²) in [4.78, 5) is 48.8. The first kappa shape index (κ1) is 27.3. The average Bonchev–Trinajstić information content (AvgIpc) is 3.21. The third-order valence-electron chi connectivity index (χ3n) is 6.05. The van der Waals surface area contributed by atoms with Crippen LogP contribution in [0.15, 0.2) is 9.82 Å². The molecule has 3 rings (SSSR count). The number of thiazole rings is 1. The number of aromatic nitrogens is 3. The molecule has 0 aromatic carbocycles. The van der Waals surface area contributed by atoms with Crippen molar-refractivity contribution in [2.24, 2.45) is 0 Å². The summed E-state index contributed by atoms with van der Waals surface area (Å²) in [5, 5.41) is 3.76. The second-order valence-corrected chi connectivity index (χ2v) is 10.3. The molecular formula is C24H35N5O4S2. The molecule has 1 amide bonds. The lowest BCUT2D eigenvalue weighted by Gasteiger charge is -2.23. The van der Waals surface area contributed by atoms with E-state index >= 15 is 0 Å². The second-order valence-electron chi connectivity index (χ2n) is 8.35. The quantitative estimate of drug-likeness (QED) is 0.257. The van der Waals surface area contributed by atoms with Crippen molar-refractivity contribution in [2.75, 3.05) is 37.3 Å². The number of ether oxygens (including phenoxy) is 1. The normalized spacial score (nSPS) is 13.1. The summed E-state index contributed by atoms with van der Waals surface area (Å²) in [7, 11) is 0. The van der Waals surface area contributed by atoms with E-state index in [1.807, 2.05) is 4.57 Å². The van der Waals surface area contributed by atoms with Crippen LogP contribution in [0.3, 0.4) is 0 Å². The number of rotatable bonds is 12. The van der Waals surface area contributed by atoms with Crippen LogP contribution in [-0.4, -0.2) is 63.3 Å². The topological polar surface area (TPSA) is 106 Å². The molecule has 192 valence electrons. The highest BCUT2D eigenvalue weighted by atomic mass is 32.2. The zero-order valence-electron chi connectivity index (χ0n) is 21.0. The van der Waals surface area contributed by atoms with Gasteiger partial charge >= 0.3 is 11.7 Å². The predicted octanol–water partition coefficient (Wildman–Crippen LogP) is 3.53. The molecule has 0 radical (unpaired) electrons. The summed E-state index contributed by atoms with van der Waals surface area (Å²) < 4.78 is 6.87. The van der Waals surface area contributed by atoms with E-state index in [1.165, 1.54) is 11.8 Å². The Kier molecular flexibility index (Phi) is 10.3. The molecule has 11 heteroatoms. The highest BCUT2D eigenvalue weighted by Crippen LogP contribution is 2.29. The molecule has 1 aliphatic rings. The fraction of sp³-hybridized carbons (Fsp3) is 0.625. The minimum Gasteiger partial charge on any atom is -0.462 e. The van der Waals surface area contributed by atoms with E-state index in [4.69, 9.17) is 4.74 Å². The fourth-order valence-electron chi connectivity index (χ4n) is 4.22. The smallest absolute Gasteiger partial charge is 0.350 e. The van der Waals surface area contributed by atoms with Crippen molar-refractivity contribution >= 4 is 40.1 Å². The number of nitrogens with zero attached hydrogens (tertiary/aromatic N) is 4. The molecule has 0 bridgehead atoms. The van der Waals surface area contributed by atoms with E-state index in [0.29, 0.717) is 27.3 Å². The molecule has 0 saturated carbocycles. The van der Waals surface area contributed by atoms with Gasteiger partial charge in [-0.1, -0.05) is 36.9 Å². The Bertz CT molecular complexity index is 1090. The fourth-order valence-corrected chi connectivity index (χ4v) is 5.97. The van der Waals surface area contributed by atoms with Gasteiger partial charge in [0.1, 0.15) is 9.90 Å². The van der Waals surface area contributed by atoms with Crippen LogP contribution in [0.5, 0.6) is 0 Å². The molecule has 1 aliphatic carbocycles. The second kappa shape index (κ2) is 13.2. The minimum absolute atomic E-state index is 0.109. The predicted molar refractivity (Wildman–Crippen MR) is 140 cm³/mol. The first-order chi connectivity index (χ1) is 16.9. The number of anilines is 1. The zero-order chi connectivity index (χ0) is 25.4. The van der Waals surface area contributed by atoms with Gasteiger partial charge in [0.15, 0.2) is 5.13 Å². The van der Waals surface area contributed by atoms with Crippen LogP contribution in [0, 0.1) is 6.92 Å². The number of fused-ring (bicyclic) bond motifs is 1. The standard InChI is InChI=1S/C24H35N5O4S2/c1-5-28(6-2)13-10-14-29-18-12-9-8-11-17(18)21(27-24(29)32)34-15-19(30)26-23-25-16(4)20(35-23)22(31)33-7-3/h5-15H2,1-4H3,(H,25,26,30). The Morgan fingerprint density at radius 2 is 1.91 bits per heavy atom. The third-order valence-corrected chi connectivity index (χ3v) is 8.12. The maximum Gasteiger partial charge on any atom is 0.350 e. The van der Waals surface area contributed by atoms with Crippen LogP contribution in [0.1, 0.15) is 66.7 Å².